The van der Waals surface area contributed by atoms with Crippen molar-refractivity contribution in [3.8, 4) is 0 Å². The van der Waals surface area contributed by atoms with Gasteiger partial charge in [-0.15, -0.1) is 0 Å². The molecule has 0 aliphatic rings. The van der Waals surface area contributed by atoms with Crippen molar-refractivity contribution in [3.63, 3.8) is 0 Å². The molecule has 0 fully saturated rings. The number of aryl methyl sites for hydroxylation is 1. The molecule has 18 heavy (non-hydrogen) atoms. The fraction of sp³-hybridized carbons (Fsp3) is 0.600. The molecular weight excluding hydrogens is 291 g/mol. The number of nitrogens with one attached hydrogen (secondary N) is 1. The van der Waals surface area contributed by atoms with E-state index in [9.17, 15) is 4.79 Å². The Hall–Kier alpha value is -0.200. The molecule has 1 N–H and O–H groups in total. The Morgan fingerprint density at radius 2 is 2.06 bits per heavy atom. The van der Waals surface area contributed by atoms with Gasteiger partial charge >= 0.3 is 0 Å². The van der Waals surface area contributed by atoms with Crippen molar-refractivity contribution in [2.45, 2.75) is 26.5 Å². The van der Waals surface area contributed by atoms with Gasteiger partial charge in [-0.3, -0.25) is 4.79 Å². The second-order valence-corrected chi connectivity index (χ2v) is 9.69. The summed E-state index contributed by atoms with van der Waals surface area (Å²) in [5.41, 5.74) is -1.78. The van der Waals surface area contributed by atoms with Gasteiger partial charge in [-0.25, -0.2) is 4.98 Å². The number of nitrogens with zero attached hydrogens (tertiary/aromatic N) is 1. The highest BCUT2D eigenvalue weighted by Crippen LogP contribution is 2.61. The highest BCUT2D eigenvalue weighted by molar-refractivity contribution is 8.67. The van der Waals surface area contributed by atoms with Gasteiger partial charge in [0.05, 0.1) is 18.9 Å². The molecule has 0 aromatic carbocycles. The summed E-state index contributed by atoms with van der Waals surface area (Å²) in [4.78, 5) is 18.1. The van der Waals surface area contributed by atoms with Crippen molar-refractivity contribution < 1.29 is 9.05 Å². The first kappa shape index (κ1) is 15.9. The van der Waals surface area contributed by atoms with Gasteiger partial charge in [0.25, 0.3) is 5.56 Å². The lowest BCUT2D eigenvalue weighted by Crippen LogP contribution is -2.09. The Labute approximate surface area is 116 Å². The number of aromatic nitrogens is 2. The van der Waals surface area contributed by atoms with Crippen molar-refractivity contribution >= 4 is 28.9 Å². The van der Waals surface area contributed by atoms with Crippen LogP contribution in [0.2, 0.25) is 0 Å². The first-order valence-electron chi connectivity index (χ1n) is 5.59. The first-order valence-corrected chi connectivity index (χ1v) is 9.82. The van der Waals surface area contributed by atoms with Crippen LogP contribution in [0.3, 0.4) is 0 Å². The molecule has 1 heterocycles. The molecule has 1 rings (SSSR count). The second kappa shape index (κ2) is 7.40. The van der Waals surface area contributed by atoms with Crippen molar-refractivity contribution in [1.82, 2.24) is 9.97 Å². The number of H-pyrrole nitrogens is 1. The molecule has 102 valence electrons. The maximum atomic E-state index is 11.3. The monoisotopic (exact) mass is 308 g/mol. The Bertz CT molecular complexity index is 482. The summed E-state index contributed by atoms with van der Waals surface area (Å²) in [6.45, 7) is 6.56. The molecule has 0 amide bonds. The van der Waals surface area contributed by atoms with E-state index < -0.39 is 5.69 Å². The molecule has 8 heteroatoms. The van der Waals surface area contributed by atoms with E-state index in [0.29, 0.717) is 30.5 Å². The van der Waals surface area contributed by atoms with Gasteiger partial charge in [-0.1, -0.05) is 11.4 Å². The molecular formula is C10H17N2O3PS2. The van der Waals surface area contributed by atoms with E-state index >= 15 is 0 Å². The van der Waals surface area contributed by atoms with Gasteiger partial charge in [-0.2, -0.15) is 0 Å². The normalized spacial score (nSPS) is 11.7. The van der Waals surface area contributed by atoms with Gasteiger partial charge in [0.2, 0.25) is 5.69 Å². The molecule has 0 radical (unpaired) electrons. The fourth-order valence-electron chi connectivity index (χ4n) is 1.29. The topological polar surface area (TPSA) is 64.2 Å². The van der Waals surface area contributed by atoms with E-state index in [-0.39, 0.29) is 5.56 Å². The standard InChI is InChI=1S/C10H17N2O3PS2/c1-4-14-16(17,15-5-2)18-7-9-6-10(13)12-8(3)11-9/h6H,4-5,7H2,1-3H3,(H,11,12,13). The van der Waals surface area contributed by atoms with Crippen molar-refractivity contribution in [3.05, 3.63) is 27.9 Å². The maximum Gasteiger partial charge on any atom is 0.251 e. The van der Waals surface area contributed by atoms with Crippen LogP contribution in [0.4, 0.5) is 0 Å². The van der Waals surface area contributed by atoms with E-state index in [2.05, 4.69) is 9.97 Å². The summed E-state index contributed by atoms with van der Waals surface area (Å²) in [5, 5.41) is 0. The minimum absolute atomic E-state index is 0.153. The van der Waals surface area contributed by atoms with Crippen molar-refractivity contribution in [2.24, 2.45) is 0 Å². The molecule has 0 unspecified atom stereocenters. The van der Waals surface area contributed by atoms with E-state index in [1.54, 1.807) is 6.92 Å². The van der Waals surface area contributed by atoms with Crippen LogP contribution >= 0.6 is 17.1 Å². The lowest BCUT2D eigenvalue weighted by molar-refractivity contribution is 0.280. The molecule has 0 bridgehead atoms. The van der Waals surface area contributed by atoms with Gasteiger partial charge < -0.3 is 14.0 Å². The third kappa shape index (κ3) is 5.20. The Kier molecular flexibility index (Phi) is 6.52. The zero-order valence-electron chi connectivity index (χ0n) is 10.6. The summed E-state index contributed by atoms with van der Waals surface area (Å²) >= 11 is 6.79. The molecule has 5 nitrogen and oxygen atoms in total. The summed E-state index contributed by atoms with van der Waals surface area (Å²) < 4.78 is 11.0. The van der Waals surface area contributed by atoms with Gasteiger partial charge in [0, 0.05) is 11.8 Å². The maximum absolute atomic E-state index is 11.3. The molecule has 0 saturated carbocycles. The molecule has 1 aromatic heterocycles. The number of aromatic amines is 1. The van der Waals surface area contributed by atoms with Gasteiger partial charge in [0.15, 0.2) is 0 Å². The van der Waals surface area contributed by atoms with Crippen LogP contribution in [-0.4, -0.2) is 23.2 Å². The Balaban J connectivity index is 2.72. The molecule has 1 aromatic rings. The lowest BCUT2D eigenvalue weighted by Gasteiger charge is -2.19. The van der Waals surface area contributed by atoms with Gasteiger partial charge in [-0.05, 0) is 32.6 Å². The van der Waals surface area contributed by atoms with Crippen molar-refractivity contribution in [1.29, 1.82) is 0 Å². The SMILES string of the molecule is CCOP(=S)(OCC)SCc1cc(=O)[nH]c(C)n1. The molecule has 0 aliphatic heterocycles. The summed E-state index contributed by atoms with van der Waals surface area (Å²) in [7, 11) is 0. The minimum atomic E-state index is -2.32. The highest BCUT2D eigenvalue weighted by atomic mass is 32.9. The van der Waals surface area contributed by atoms with Gasteiger partial charge in [0.1, 0.15) is 5.82 Å². The summed E-state index contributed by atoms with van der Waals surface area (Å²) in [5.74, 6) is 1.11. The van der Waals surface area contributed by atoms with E-state index in [1.165, 1.54) is 17.4 Å². The summed E-state index contributed by atoms with van der Waals surface area (Å²) in [6, 6.07) is 1.47. The quantitative estimate of drug-likeness (QED) is 0.781. The van der Waals surface area contributed by atoms with Crippen LogP contribution in [0, 0.1) is 6.92 Å². The van der Waals surface area contributed by atoms with E-state index in [0.717, 1.165) is 0 Å². The zero-order valence-corrected chi connectivity index (χ0v) is 13.2. The van der Waals surface area contributed by atoms with E-state index in [4.69, 9.17) is 20.9 Å². The largest absolute Gasteiger partial charge is 0.322 e. The lowest BCUT2D eigenvalue weighted by atomic mass is 10.4. The Morgan fingerprint density at radius 3 is 2.56 bits per heavy atom. The number of rotatable bonds is 7. The van der Waals surface area contributed by atoms with Crippen LogP contribution in [0.15, 0.2) is 10.9 Å². The summed E-state index contributed by atoms with van der Waals surface area (Å²) in [6.07, 6.45) is 0. The average molecular weight is 308 g/mol. The van der Waals surface area contributed by atoms with Crippen LogP contribution < -0.4 is 5.56 Å². The van der Waals surface area contributed by atoms with Crippen LogP contribution in [0.1, 0.15) is 25.4 Å². The van der Waals surface area contributed by atoms with Crippen LogP contribution in [0.5, 0.6) is 0 Å². The molecule has 0 aliphatic carbocycles. The number of hydrogen-bond donors (Lipinski definition) is 1. The first-order chi connectivity index (χ1) is 8.49. The highest BCUT2D eigenvalue weighted by Gasteiger charge is 2.19. The predicted molar refractivity (Wildman–Crippen MR) is 78.4 cm³/mol. The molecule has 0 saturated heterocycles. The average Bonchev–Trinajstić information content (AvgIpc) is 2.26. The number of hydrogen-bond acceptors (Lipinski definition) is 6. The third-order valence-corrected chi connectivity index (χ3v) is 7.30. The zero-order chi connectivity index (χ0) is 13.6. The predicted octanol–water partition coefficient (Wildman–Crippen LogP) is 2.61. The molecule has 0 atom stereocenters. The van der Waals surface area contributed by atoms with Crippen molar-refractivity contribution in [2.75, 3.05) is 13.2 Å². The van der Waals surface area contributed by atoms with Crippen LogP contribution in [0.25, 0.3) is 0 Å². The van der Waals surface area contributed by atoms with Crippen LogP contribution in [-0.2, 0) is 26.6 Å². The fourth-order valence-corrected chi connectivity index (χ4v) is 5.64. The molecule has 0 spiro atoms. The smallest absolute Gasteiger partial charge is 0.251 e. The third-order valence-electron chi connectivity index (χ3n) is 1.86. The Morgan fingerprint density at radius 1 is 1.44 bits per heavy atom. The second-order valence-electron chi connectivity index (χ2n) is 3.38. The van der Waals surface area contributed by atoms with E-state index in [1.807, 2.05) is 13.8 Å². The minimum Gasteiger partial charge on any atom is -0.322 e.